The smallest absolute Gasteiger partial charge is 0.332 e. The molecule has 0 amide bonds. The van der Waals surface area contributed by atoms with Crippen LogP contribution in [0.15, 0.2) is 15.9 Å². The third-order valence-corrected chi connectivity index (χ3v) is 3.52. The van der Waals surface area contributed by atoms with Gasteiger partial charge in [-0.15, -0.1) is 12.4 Å². The summed E-state index contributed by atoms with van der Waals surface area (Å²) in [4.78, 5) is 30.2. The van der Waals surface area contributed by atoms with Crippen LogP contribution in [0.3, 0.4) is 0 Å². The summed E-state index contributed by atoms with van der Waals surface area (Å²) < 4.78 is 4.20. The Balaban J connectivity index is 0.00000242. The van der Waals surface area contributed by atoms with Crippen molar-refractivity contribution < 1.29 is 5.11 Å². The molecule has 0 bridgehead atoms. The summed E-state index contributed by atoms with van der Waals surface area (Å²) in [7, 11) is 4.96. The molecule has 0 aromatic carbocycles. The Labute approximate surface area is 134 Å². The Morgan fingerprint density at radius 2 is 1.95 bits per heavy atom. The topological polar surface area (TPSA) is 85.3 Å². The molecule has 2 rings (SSSR count). The number of aliphatic hydroxyl groups is 1. The van der Waals surface area contributed by atoms with Gasteiger partial charge in [0.05, 0.1) is 12.4 Å². The Bertz CT molecular complexity index is 761. The van der Waals surface area contributed by atoms with Crippen molar-refractivity contribution in [3.8, 4) is 0 Å². The normalized spacial score (nSPS) is 12.6. The van der Waals surface area contributed by atoms with E-state index < -0.39 is 6.10 Å². The molecule has 2 aromatic rings. The molecule has 0 fully saturated rings. The second kappa shape index (κ2) is 7.08. The molecule has 1 N–H and O–H groups in total. The molecule has 1 atom stereocenters. The predicted molar refractivity (Wildman–Crippen MR) is 86.6 cm³/mol. The monoisotopic (exact) mass is 331 g/mol. The molecule has 22 heavy (non-hydrogen) atoms. The van der Waals surface area contributed by atoms with Crippen molar-refractivity contribution in [2.75, 3.05) is 20.1 Å². The fourth-order valence-electron chi connectivity index (χ4n) is 2.39. The van der Waals surface area contributed by atoms with Gasteiger partial charge in [0.1, 0.15) is 0 Å². The highest BCUT2D eigenvalue weighted by molar-refractivity contribution is 5.85. The van der Waals surface area contributed by atoms with Gasteiger partial charge in [0.15, 0.2) is 11.2 Å². The Morgan fingerprint density at radius 1 is 1.32 bits per heavy atom. The van der Waals surface area contributed by atoms with Gasteiger partial charge in [0.25, 0.3) is 5.56 Å². The van der Waals surface area contributed by atoms with E-state index >= 15 is 0 Å². The molecule has 0 aliphatic heterocycles. The van der Waals surface area contributed by atoms with Gasteiger partial charge in [-0.25, -0.2) is 9.78 Å². The first-order chi connectivity index (χ1) is 9.82. The molecule has 0 saturated heterocycles. The number of likely N-dealkylation sites (N-methyl/N-ethyl adjacent to an activating group) is 1. The van der Waals surface area contributed by atoms with Crippen LogP contribution in [0.4, 0.5) is 0 Å². The highest BCUT2D eigenvalue weighted by atomic mass is 35.5. The minimum absolute atomic E-state index is 0. The Kier molecular flexibility index (Phi) is 5.92. The minimum Gasteiger partial charge on any atom is -0.392 e. The van der Waals surface area contributed by atoms with Crippen LogP contribution in [-0.4, -0.2) is 54.9 Å². The standard InChI is InChI=1S/C13H21N5O3.ClH/c1-9(19)7-15(2)5-6-18-8-14-11-10(18)12(20)17(4)13(21)16(11)3;/h8-9,19H,5-7H2,1-4H3;1H. The number of nitrogens with zero attached hydrogens (tertiary/aromatic N) is 5. The number of aromatic nitrogens is 4. The third-order valence-electron chi connectivity index (χ3n) is 3.52. The molecule has 0 saturated carbocycles. The Hall–Kier alpha value is -1.64. The van der Waals surface area contributed by atoms with Crippen LogP contribution >= 0.6 is 12.4 Å². The van der Waals surface area contributed by atoms with Gasteiger partial charge in [-0.1, -0.05) is 0 Å². The third kappa shape index (κ3) is 3.40. The number of aliphatic hydroxyl groups excluding tert-OH is 1. The maximum Gasteiger partial charge on any atom is 0.332 e. The molecule has 2 heterocycles. The van der Waals surface area contributed by atoms with E-state index in [9.17, 15) is 14.7 Å². The van der Waals surface area contributed by atoms with Crippen LogP contribution in [0.5, 0.6) is 0 Å². The van der Waals surface area contributed by atoms with Gasteiger partial charge in [-0.3, -0.25) is 13.9 Å². The van der Waals surface area contributed by atoms with Crippen molar-refractivity contribution in [1.29, 1.82) is 0 Å². The number of hydrogen-bond acceptors (Lipinski definition) is 5. The van der Waals surface area contributed by atoms with E-state index in [1.807, 2.05) is 11.9 Å². The zero-order valence-electron chi connectivity index (χ0n) is 13.2. The molecule has 0 radical (unpaired) electrons. The number of aryl methyl sites for hydroxylation is 1. The van der Waals surface area contributed by atoms with Gasteiger partial charge in [0.2, 0.25) is 0 Å². The first kappa shape index (κ1) is 18.4. The molecule has 8 nitrogen and oxygen atoms in total. The average molecular weight is 332 g/mol. The molecule has 0 spiro atoms. The fraction of sp³-hybridized carbons (Fsp3) is 0.615. The quantitative estimate of drug-likeness (QED) is 0.773. The molecular formula is C13H22ClN5O3. The molecule has 0 aliphatic carbocycles. The second-order valence-electron chi connectivity index (χ2n) is 5.43. The van der Waals surface area contributed by atoms with Crippen LogP contribution in [0.1, 0.15) is 6.92 Å². The summed E-state index contributed by atoms with van der Waals surface area (Å²) in [5.41, 5.74) is 0.0825. The van der Waals surface area contributed by atoms with Crippen molar-refractivity contribution in [2.24, 2.45) is 14.1 Å². The molecule has 124 valence electrons. The number of fused-ring (bicyclic) bond motifs is 1. The summed E-state index contributed by atoms with van der Waals surface area (Å²) in [5, 5.41) is 9.35. The number of imidazole rings is 1. The number of rotatable bonds is 5. The second-order valence-corrected chi connectivity index (χ2v) is 5.43. The minimum atomic E-state index is -0.400. The van der Waals surface area contributed by atoms with E-state index in [-0.39, 0.29) is 23.7 Å². The van der Waals surface area contributed by atoms with Crippen molar-refractivity contribution >= 4 is 23.6 Å². The summed E-state index contributed by atoms with van der Waals surface area (Å²) >= 11 is 0. The molecule has 9 heteroatoms. The largest absolute Gasteiger partial charge is 0.392 e. The average Bonchev–Trinajstić information content (AvgIpc) is 2.83. The lowest BCUT2D eigenvalue weighted by molar-refractivity contribution is 0.139. The van der Waals surface area contributed by atoms with Gasteiger partial charge in [0, 0.05) is 33.7 Å². The van der Waals surface area contributed by atoms with Gasteiger partial charge >= 0.3 is 5.69 Å². The summed E-state index contributed by atoms with van der Waals surface area (Å²) in [6, 6.07) is 0. The summed E-state index contributed by atoms with van der Waals surface area (Å²) in [6.45, 7) is 3.52. The lowest BCUT2D eigenvalue weighted by atomic mass is 10.3. The van der Waals surface area contributed by atoms with E-state index in [4.69, 9.17) is 0 Å². The van der Waals surface area contributed by atoms with Gasteiger partial charge in [-0.2, -0.15) is 0 Å². The van der Waals surface area contributed by atoms with Crippen LogP contribution < -0.4 is 11.2 Å². The number of hydrogen-bond donors (Lipinski definition) is 1. The van der Waals surface area contributed by atoms with E-state index in [2.05, 4.69) is 4.98 Å². The maximum absolute atomic E-state index is 12.2. The zero-order valence-corrected chi connectivity index (χ0v) is 14.0. The maximum atomic E-state index is 12.2. The van der Waals surface area contributed by atoms with E-state index in [0.717, 1.165) is 4.57 Å². The first-order valence-electron chi connectivity index (χ1n) is 6.80. The van der Waals surface area contributed by atoms with Gasteiger partial charge in [-0.05, 0) is 14.0 Å². The highest BCUT2D eigenvalue weighted by Crippen LogP contribution is 2.05. The lowest BCUT2D eigenvalue weighted by Gasteiger charge is -2.18. The molecule has 1 unspecified atom stereocenters. The van der Waals surface area contributed by atoms with E-state index in [1.54, 1.807) is 24.9 Å². The van der Waals surface area contributed by atoms with Crippen molar-refractivity contribution in [3.63, 3.8) is 0 Å². The van der Waals surface area contributed by atoms with Crippen molar-refractivity contribution in [2.45, 2.75) is 19.6 Å². The van der Waals surface area contributed by atoms with Crippen molar-refractivity contribution in [3.05, 3.63) is 27.2 Å². The van der Waals surface area contributed by atoms with Crippen LogP contribution in [0, 0.1) is 0 Å². The molecule has 2 aromatic heterocycles. The lowest BCUT2D eigenvalue weighted by Crippen LogP contribution is -2.38. The molecule has 0 aliphatic rings. The highest BCUT2D eigenvalue weighted by Gasteiger charge is 2.14. The van der Waals surface area contributed by atoms with E-state index in [0.29, 0.717) is 30.8 Å². The SMILES string of the molecule is CC(O)CN(C)CCn1cnc2c1c(=O)n(C)c(=O)n2C.Cl. The van der Waals surface area contributed by atoms with Crippen LogP contribution in [0.25, 0.3) is 11.2 Å². The van der Waals surface area contributed by atoms with Crippen molar-refractivity contribution in [1.82, 2.24) is 23.6 Å². The van der Waals surface area contributed by atoms with E-state index in [1.165, 1.54) is 11.6 Å². The molecular weight excluding hydrogens is 310 g/mol. The predicted octanol–water partition coefficient (Wildman–Crippen LogP) is -0.832. The Morgan fingerprint density at radius 3 is 2.55 bits per heavy atom. The van der Waals surface area contributed by atoms with Crippen LogP contribution in [-0.2, 0) is 20.6 Å². The first-order valence-corrected chi connectivity index (χ1v) is 6.80. The number of halogens is 1. The summed E-state index contributed by atoms with van der Waals surface area (Å²) in [5.74, 6) is 0. The summed E-state index contributed by atoms with van der Waals surface area (Å²) in [6.07, 6.45) is 1.17. The zero-order chi connectivity index (χ0) is 15.7. The van der Waals surface area contributed by atoms with Crippen LogP contribution in [0.2, 0.25) is 0 Å². The van der Waals surface area contributed by atoms with Gasteiger partial charge < -0.3 is 14.6 Å². The fourth-order valence-corrected chi connectivity index (χ4v) is 2.39.